The van der Waals surface area contributed by atoms with Gasteiger partial charge in [-0.05, 0) is 55.3 Å². The lowest BCUT2D eigenvalue weighted by Gasteiger charge is -2.18. The van der Waals surface area contributed by atoms with Crippen molar-refractivity contribution in [1.29, 1.82) is 0 Å². The van der Waals surface area contributed by atoms with Crippen molar-refractivity contribution in [2.75, 3.05) is 32.8 Å². The molecule has 3 rings (SSSR count). The van der Waals surface area contributed by atoms with Gasteiger partial charge in [-0.1, -0.05) is 18.7 Å². The number of amides is 3. The Hall–Kier alpha value is -2.74. The zero-order chi connectivity index (χ0) is 20.8. The topological polar surface area (TPSA) is 76.2 Å². The van der Waals surface area contributed by atoms with E-state index in [0.717, 1.165) is 29.5 Å². The van der Waals surface area contributed by atoms with Gasteiger partial charge in [0.2, 0.25) is 5.91 Å². The van der Waals surface area contributed by atoms with Crippen molar-refractivity contribution in [3.8, 4) is 11.5 Å². The molecule has 2 aliphatic heterocycles. The molecule has 0 aromatic heterocycles. The Kier molecular flexibility index (Phi) is 6.98. The second kappa shape index (κ2) is 9.65. The molecular weight excluding hydrogens is 392 g/mol. The molecule has 0 unspecified atom stereocenters. The number of nitrogens with zero attached hydrogens (tertiary/aromatic N) is 2. The molecule has 3 amide bonds. The van der Waals surface area contributed by atoms with E-state index in [0.29, 0.717) is 43.4 Å². The van der Waals surface area contributed by atoms with E-state index in [1.165, 1.54) is 0 Å². The second-order valence-electron chi connectivity index (χ2n) is 6.59. The van der Waals surface area contributed by atoms with Crippen LogP contribution in [0.15, 0.2) is 35.8 Å². The minimum absolute atomic E-state index is 0.187. The predicted molar refractivity (Wildman–Crippen MR) is 112 cm³/mol. The van der Waals surface area contributed by atoms with Gasteiger partial charge in [0.1, 0.15) is 13.2 Å². The van der Waals surface area contributed by atoms with Crippen LogP contribution in [0.5, 0.6) is 11.5 Å². The van der Waals surface area contributed by atoms with Gasteiger partial charge in [-0.15, -0.1) is 0 Å². The van der Waals surface area contributed by atoms with E-state index in [4.69, 9.17) is 9.47 Å². The largest absolute Gasteiger partial charge is 0.490 e. The summed E-state index contributed by atoms with van der Waals surface area (Å²) in [5.41, 5.74) is 0.704. The van der Waals surface area contributed by atoms with Gasteiger partial charge < -0.3 is 14.4 Å². The number of ether oxygens (including phenoxy) is 2. The van der Waals surface area contributed by atoms with Crippen LogP contribution < -0.4 is 9.47 Å². The van der Waals surface area contributed by atoms with Crippen LogP contribution in [-0.4, -0.2) is 59.7 Å². The third kappa shape index (κ3) is 5.00. The van der Waals surface area contributed by atoms with Crippen LogP contribution in [0.3, 0.4) is 0 Å². The average Bonchev–Trinajstić information content (AvgIpc) is 3.33. The molecule has 0 saturated carbocycles. The molecule has 0 radical (unpaired) electrons. The molecule has 0 aliphatic carbocycles. The molecule has 0 N–H and O–H groups in total. The number of benzene rings is 1. The first kappa shape index (κ1) is 21.0. The van der Waals surface area contributed by atoms with Gasteiger partial charge in [-0.25, -0.2) is 0 Å². The highest BCUT2D eigenvalue weighted by Gasteiger charge is 2.37. The standard InChI is InChI=1S/C21H24N2O5S/c1-3-11-28-16-8-7-15(12-17(16)27-4-2)13-18-20(25)23(21(26)29-18)14-19(24)22-9-5-6-10-22/h3,7-8,12-13H,1,4-6,9-11,14H2,2H3/b18-13+. The van der Waals surface area contributed by atoms with Crippen LogP contribution in [0.25, 0.3) is 6.08 Å². The maximum absolute atomic E-state index is 12.7. The van der Waals surface area contributed by atoms with Gasteiger partial charge in [-0.3, -0.25) is 19.3 Å². The van der Waals surface area contributed by atoms with Gasteiger partial charge in [0.25, 0.3) is 11.1 Å². The lowest BCUT2D eigenvalue weighted by Crippen LogP contribution is -2.40. The van der Waals surface area contributed by atoms with E-state index >= 15 is 0 Å². The normalized spacial score (nSPS) is 17.9. The van der Waals surface area contributed by atoms with Gasteiger partial charge >= 0.3 is 0 Å². The van der Waals surface area contributed by atoms with Gasteiger partial charge in [0, 0.05) is 13.1 Å². The Morgan fingerprint density at radius 1 is 1.21 bits per heavy atom. The minimum Gasteiger partial charge on any atom is -0.490 e. The van der Waals surface area contributed by atoms with E-state index < -0.39 is 11.1 Å². The molecule has 29 heavy (non-hydrogen) atoms. The van der Waals surface area contributed by atoms with Crippen LogP contribution in [-0.2, 0) is 9.59 Å². The van der Waals surface area contributed by atoms with Crippen molar-refractivity contribution in [3.05, 3.63) is 41.3 Å². The summed E-state index contributed by atoms with van der Waals surface area (Å²) >= 11 is 0.841. The third-order valence-electron chi connectivity index (χ3n) is 4.55. The predicted octanol–water partition coefficient (Wildman–Crippen LogP) is 3.31. The van der Waals surface area contributed by atoms with E-state index in [1.54, 1.807) is 35.3 Å². The van der Waals surface area contributed by atoms with Crippen molar-refractivity contribution in [2.45, 2.75) is 19.8 Å². The number of carbonyl (C=O) groups excluding carboxylic acids is 3. The summed E-state index contributed by atoms with van der Waals surface area (Å²) in [6.45, 7) is 7.47. The molecule has 2 aliphatic rings. The fourth-order valence-electron chi connectivity index (χ4n) is 3.14. The lowest BCUT2D eigenvalue weighted by molar-refractivity contribution is -0.135. The number of hydrogen-bond donors (Lipinski definition) is 0. The Morgan fingerprint density at radius 2 is 1.97 bits per heavy atom. The van der Waals surface area contributed by atoms with Crippen LogP contribution >= 0.6 is 11.8 Å². The summed E-state index contributed by atoms with van der Waals surface area (Å²) in [5, 5.41) is -0.426. The molecule has 8 heteroatoms. The zero-order valence-electron chi connectivity index (χ0n) is 16.4. The van der Waals surface area contributed by atoms with Crippen LogP contribution in [0.1, 0.15) is 25.3 Å². The molecule has 1 aromatic rings. The Balaban J connectivity index is 1.75. The summed E-state index contributed by atoms with van der Waals surface area (Å²) in [7, 11) is 0. The molecule has 0 bridgehead atoms. The lowest BCUT2D eigenvalue weighted by atomic mass is 10.2. The summed E-state index contributed by atoms with van der Waals surface area (Å²) in [6, 6.07) is 5.29. The first-order valence-corrected chi connectivity index (χ1v) is 10.4. The summed E-state index contributed by atoms with van der Waals surface area (Å²) in [5.74, 6) is 0.491. The molecule has 2 saturated heterocycles. The first-order chi connectivity index (χ1) is 14.0. The van der Waals surface area contributed by atoms with Crippen molar-refractivity contribution in [3.63, 3.8) is 0 Å². The number of imide groups is 1. The minimum atomic E-state index is -0.447. The Labute approximate surface area is 174 Å². The number of likely N-dealkylation sites (tertiary alicyclic amines) is 1. The van der Waals surface area contributed by atoms with Gasteiger partial charge in [0.05, 0.1) is 11.5 Å². The van der Waals surface area contributed by atoms with Gasteiger partial charge in [0.15, 0.2) is 11.5 Å². The van der Waals surface area contributed by atoms with E-state index in [-0.39, 0.29) is 17.4 Å². The quantitative estimate of drug-likeness (QED) is 0.478. The number of rotatable bonds is 8. The average molecular weight is 416 g/mol. The molecular formula is C21H24N2O5S. The number of carbonyl (C=O) groups is 3. The molecule has 0 spiro atoms. The highest BCUT2D eigenvalue weighted by molar-refractivity contribution is 8.18. The third-order valence-corrected chi connectivity index (χ3v) is 5.46. The maximum atomic E-state index is 12.7. The van der Waals surface area contributed by atoms with E-state index in [9.17, 15) is 14.4 Å². The SMILES string of the molecule is C=CCOc1ccc(/C=C2/SC(=O)N(CC(=O)N3CCCC3)C2=O)cc1OCC. The number of thioether (sulfide) groups is 1. The zero-order valence-corrected chi connectivity index (χ0v) is 17.2. The molecule has 154 valence electrons. The summed E-state index contributed by atoms with van der Waals surface area (Å²) < 4.78 is 11.2. The fraction of sp³-hybridized carbons (Fsp3) is 0.381. The molecule has 2 heterocycles. The fourth-order valence-corrected chi connectivity index (χ4v) is 3.98. The Morgan fingerprint density at radius 3 is 2.66 bits per heavy atom. The molecule has 7 nitrogen and oxygen atoms in total. The van der Waals surface area contributed by atoms with Crippen molar-refractivity contribution in [2.24, 2.45) is 0 Å². The van der Waals surface area contributed by atoms with Crippen molar-refractivity contribution in [1.82, 2.24) is 9.80 Å². The van der Waals surface area contributed by atoms with Crippen molar-refractivity contribution < 1.29 is 23.9 Å². The summed E-state index contributed by atoms with van der Waals surface area (Å²) in [4.78, 5) is 40.3. The maximum Gasteiger partial charge on any atom is 0.294 e. The molecule has 1 aromatic carbocycles. The highest BCUT2D eigenvalue weighted by atomic mass is 32.2. The number of hydrogen-bond acceptors (Lipinski definition) is 6. The smallest absolute Gasteiger partial charge is 0.294 e. The Bertz CT molecular complexity index is 845. The first-order valence-electron chi connectivity index (χ1n) is 9.57. The van der Waals surface area contributed by atoms with Gasteiger partial charge in [-0.2, -0.15) is 0 Å². The van der Waals surface area contributed by atoms with E-state index in [2.05, 4.69) is 6.58 Å². The second-order valence-corrected chi connectivity index (χ2v) is 7.59. The monoisotopic (exact) mass is 416 g/mol. The van der Waals surface area contributed by atoms with Crippen LogP contribution in [0.4, 0.5) is 4.79 Å². The van der Waals surface area contributed by atoms with Crippen molar-refractivity contribution >= 4 is 34.9 Å². The molecule has 2 fully saturated rings. The molecule has 0 atom stereocenters. The highest BCUT2D eigenvalue weighted by Crippen LogP contribution is 2.34. The van der Waals surface area contributed by atoms with Crippen LogP contribution in [0, 0.1) is 0 Å². The van der Waals surface area contributed by atoms with E-state index in [1.807, 2.05) is 6.92 Å². The van der Waals surface area contributed by atoms with Crippen LogP contribution in [0.2, 0.25) is 0 Å². The summed E-state index contributed by atoms with van der Waals surface area (Å²) in [6.07, 6.45) is 5.19.